The number of hydrogen-bond donors (Lipinski definition) is 2. The van der Waals surface area contributed by atoms with Gasteiger partial charge in [0.05, 0.1) is 18.0 Å². The number of aliphatic hydroxyl groups is 1. The molecule has 3 N–H and O–H groups in total. The van der Waals surface area contributed by atoms with Gasteiger partial charge in [-0.2, -0.15) is 0 Å². The van der Waals surface area contributed by atoms with Crippen LogP contribution >= 0.6 is 0 Å². The van der Waals surface area contributed by atoms with Crippen LogP contribution in [0.2, 0.25) is 0 Å². The second-order valence-electron chi connectivity index (χ2n) is 5.91. The molecule has 2 aromatic rings. The Kier molecular flexibility index (Phi) is 6.04. The van der Waals surface area contributed by atoms with Crippen molar-refractivity contribution in [3.63, 3.8) is 0 Å². The molecule has 0 aromatic carbocycles. The first-order valence-corrected chi connectivity index (χ1v) is 7.84. The third-order valence-electron chi connectivity index (χ3n) is 4.24. The molecule has 118 valence electrons. The second-order valence-corrected chi connectivity index (χ2v) is 5.91. The first kappa shape index (κ1) is 16.6. The molecule has 2 aromatic heterocycles. The van der Waals surface area contributed by atoms with Gasteiger partial charge in [0.25, 0.3) is 0 Å². The van der Waals surface area contributed by atoms with Crippen LogP contribution < -0.4 is 5.73 Å². The van der Waals surface area contributed by atoms with E-state index in [4.69, 9.17) is 10.8 Å². The van der Waals surface area contributed by atoms with Gasteiger partial charge in [-0.15, -0.1) is 0 Å². The van der Waals surface area contributed by atoms with Crippen molar-refractivity contribution in [1.29, 1.82) is 0 Å². The molecule has 0 aliphatic carbocycles. The Morgan fingerprint density at radius 1 is 0.909 bits per heavy atom. The molecule has 0 aliphatic heterocycles. The number of nitrogens with two attached hydrogens (primary N) is 1. The van der Waals surface area contributed by atoms with Crippen molar-refractivity contribution in [3.05, 3.63) is 59.2 Å². The SMILES string of the molecule is CC(CCC(C)c1ccc(CO)nc1)c1ccc(CN)nc1. The summed E-state index contributed by atoms with van der Waals surface area (Å²) in [6, 6.07) is 8.09. The molecule has 0 amide bonds. The zero-order valence-corrected chi connectivity index (χ0v) is 13.4. The Hall–Kier alpha value is -1.78. The average molecular weight is 299 g/mol. The largest absolute Gasteiger partial charge is 0.390 e. The van der Waals surface area contributed by atoms with Crippen molar-refractivity contribution >= 4 is 0 Å². The van der Waals surface area contributed by atoms with E-state index in [9.17, 15) is 0 Å². The number of hydrogen-bond acceptors (Lipinski definition) is 4. The molecule has 0 radical (unpaired) electrons. The van der Waals surface area contributed by atoms with E-state index in [0.29, 0.717) is 18.4 Å². The molecule has 0 saturated heterocycles. The number of nitrogens with zero attached hydrogens (tertiary/aromatic N) is 2. The van der Waals surface area contributed by atoms with Crippen LogP contribution in [0.25, 0.3) is 0 Å². The van der Waals surface area contributed by atoms with Gasteiger partial charge in [0.2, 0.25) is 0 Å². The summed E-state index contributed by atoms with van der Waals surface area (Å²) in [5, 5.41) is 9.03. The fourth-order valence-corrected chi connectivity index (χ4v) is 2.50. The Morgan fingerprint density at radius 2 is 1.41 bits per heavy atom. The maximum absolute atomic E-state index is 9.03. The maximum atomic E-state index is 9.03. The highest BCUT2D eigenvalue weighted by molar-refractivity contribution is 5.19. The minimum atomic E-state index is -0.00249. The van der Waals surface area contributed by atoms with Crippen molar-refractivity contribution in [2.45, 2.75) is 51.7 Å². The standard InChI is InChI=1S/C18H25N3O/c1-13(15-5-7-17(9-19)20-10-15)3-4-14(2)16-6-8-18(12-22)21-11-16/h5-8,10-11,13-14,22H,3-4,9,12,19H2,1-2H3. The Morgan fingerprint density at radius 3 is 1.77 bits per heavy atom. The number of rotatable bonds is 7. The number of pyridine rings is 2. The highest BCUT2D eigenvalue weighted by Crippen LogP contribution is 2.27. The maximum Gasteiger partial charge on any atom is 0.0852 e. The number of aromatic nitrogens is 2. The van der Waals surface area contributed by atoms with Gasteiger partial charge in [0.1, 0.15) is 0 Å². The van der Waals surface area contributed by atoms with Crippen LogP contribution in [0.3, 0.4) is 0 Å². The van der Waals surface area contributed by atoms with Gasteiger partial charge >= 0.3 is 0 Å². The Bertz CT molecular complexity index is 512. The zero-order chi connectivity index (χ0) is 15.9. The Balaban J connectivity index is 1.89. The molecule has 4 heteroatoms. The molecule has 2 unspecified atom stereocenters. The molecule has 2 heterocycles. The van der Waals surface area contributed by atoms with Gasteiger partial charge < -0.3 is 10.8 Å². The molecule has 0 bridgehead atoms. The summed E-state index contributed by atoms with van der Waals surface area (Å²) >= 11 is 0. The minimum Gasteiger partial charge on any atom is -0.390 e. The van der Waals surface area contributed by atoms with Crippen molar-refractivity contribution in [2.24, 2.45) is 5.73 Å². The lowest BCUT2D eigenvalue weighted by Crippen LogP contribution is -2.03. The van der Waals surface area contributed by atoms with E-state index in [-0.39, 0.29) is 6.61 Å². The van der Waals surface area contributed by atoms with Gasteiger partial charge in [-0.05, 0) is 47.9 Å². The van der Waals surface area contributed by atoms with Crippen LogP contribution in [-0.2, 0) is 13.2 Å². The summed E-state index contributed by atoms with van der Waals surface area (Å²) in [5.74, 6) is 0.936. The van der Waals surface area contributed by atoms with E-state index < -0.39 is 0 Å². The second kappa shape index (κ2) is 8.01. The smallest absolute Gasteiger partial charge is 0.0852 e. The summed E-state index contributed by atoms with van der Waals surface area (Å²) in [6.07, 6.45) is 6.01. The highest BCUT2D eigenvalue weighted by atomic mass is 16.3. The summed E-state index contributed by atoms with van der Waals surface area (Å²) in [4.78, 5) is 8.61. The van der Waals surface area contributed by atoms with Gasteiger partial charge in [-0.1, -0.05) is 26.0 Å². The van der Waals surface area contributed by atoms with Crippen LogP contribution in [0.5, 0.6) is 0 Å². The lowest BCUT2D eigenvalue weighted by atomic mass is 9.90. The summed E-state index contributed by atoms with van der Waals surface area (Å²) in [5.41, 5.74) is 9.71. The quantitative estimate of drug-likeness (QED) is 0.824. The van der Waals surface area contributed by atoms with Crippen LogP contribution in [0.4, 0.5) is 0 Å². The zero-order valence-electron chi connectivity index (χ0n) is 13.4. The van der Waals surface area contributed by atoms with E-state index in [1.165, 1.54) is 11.1 Å². The van der Waals surface area contributed by atoms with E-state index in [1.807, 2.05) is 24.5 Å². The van der Waals surface area contributed by atoms with Crippen LogP contribution in [0.15, 0.2) is 36.7 Å². The van der Waals surface area contributed by atoms with Crippen LogP contribution in [0, 0.1) is 0 Å². The topological polar surface area (TPSA) is 72.0 Å². The molecule has 0 fully saturated rings. The predicted octanol–water partition coefficient (Wildman–Crippen LogP) is 3.12. The van der Waals surface area contributed by atoms with Crippen molar-refractivity contribution in [2.75, 3.05) is 0 Å². The predicted molar refractivity (Wildman–Crippen MR) is 88.4 cm³/mol. The summed E-state index contributed by atoms with van der Waals surface area (Å²) < 4.78 is 0. The lowest BCUT2D eigenvalue weighted by Gasteiger charge is -2.16. The third-order valence-corrected chi connectivity index (χ3v) is 4.24. The first-order valence-electron chi connectivity index (χ1n) is 7.84. The van der Waals surface area contributed by atoms with Gasteiger partial charge in [0, 0.05) is 18.9 Å². The van der Waals surface area contributed by atoms with E-state index >= 15 is 0 Å². The fraction of sp³-hybridized carbons (Fsp3) is 0.444. The van der Waals surface area contributed by atoms with Crippen LogP contribution in [-0.4, -0.2) is 15.1 Å². The minimum absolute atomic E-state index is 0.00249. The van der Waals surface area contributed by atoms with E-state index in [1.54, 1.807) is 0 Å². The van der Waals surface area contributed by atoms with E-state index in [2.05, 4.69) is 35.9 Å². The summed E-state index contributed by atoms with van der Waals surface area (Å²) in [7, 11) is 0. The first-order chi connectivity index (χ1) is 10.6. The average Bonchev–Trinajstić information content (AvgIpc) is 2.59. The molecule has 2 rings (SSSR count). The van der Waals surface area contributed by atoms with Crippen molar-refractivity contribution < 1.29 is 5.11 Å². The van der Waals surface area contributed by atoms with Gasteiger partial charge in [-0.3, -0.25) is 9.97 Å². The fourth-order valence-electron chi connectivity index (χ4n) is 2.50. The molecular formula is C18H25N3O. The van der Waals surface area contributed by atoms with Crippen molar-refractivity contribution in [1.82, 2.24) is 9.97 Å². The Labute approximate surface area is 132 Å². The van der Waals surface area contributed by atoms with Crippen LogP contribution in [0.1, 0.15) is 61.0 Å². The monoisotopic (exact) mass is 299 g/mol. The molecule has 4 nitrogen and oxygen atoms in total. The molecule has 0 saturated carbocycles. The molecular weight excluding hydrogens is 274 g/mol. The van der Waals surface area contributed by atoms with Crippen molar-refractivity contribution in [3.8, 4) is 0 Å². The lowest BCUT2D eigenvalue weighted by molar-refractivity contribution is 0.277. The number of aliphatic hydroxyl groups excluding tert-OH is 1. The van der Waals surface area contributed by atoms with Gasteiger partial charge in [0.15, 0.2) is 0 Å². The molecule has 0 aliphatic rings. The molecule has 22 heavy (non-hydrogen) atoms. The molecule has 2 atom stereocenters. The normalized spacial score (nSPS) is 13.8. The van der Waals surface area contributed by atoms with E-state index in [0.717, 1.165) is 24.2 Å². The third kappa shape index (κ3) is 4.36. The summed E-state index contributed by atoms with van der Waals surface area (Å²) in [6.45, 7) is 4.94. The highest BCUT2D eigenvalue weighted by Gasteiger charge is 2.11. The molecule has 0 spiro atoms. The van der Waals surface area contributed by atoms with Gasteiger partial charge in [-0.25, -0.2) is 0 Å².